The molecular formula is C14H15N3O2. The number of methoxy groups -OCH3 is 1. The molecule has 0 spiro atoms. The molecule has 2 aromatic rings. The summed E-state index contributed by atoms with van der Waals surface area (Å²) in [5, 5.41) is 3.92. The van der Waals surface area contributed by atoms with Crippen molar-refractivity contribution in [2.75, 3.05) is 7.11 Å². The molecule has 1 N–H and O–H groups in total. The minimum atomic E-state index is -0.256. The summed E-state index contributed by atoms with van der Waals surface area (Å²) in [6.07, 6.45) is 3.51. The molecule has 19 heavy (non-hydrogen) atoms. The lowest BCUT2D eigenvalue weighted by Gasteiger charge is -2.02. The van der Waals surface area contributed by atoms with Gasteiger partial charge in [0.15, 0.2) is 0 Å². The summed E-state index contributed by atoms with van der Waals surface area (Å²) in [5.41, 5.74) is 3.92. The van der Waals surface area contributed by atoms with Crippen LogP contribution in [0.4, 0.5) is 0 Å². The van der Waals surface area contributed by atoms with Crippen LogP contribution < -0.4 is 10.2 Å². The van der Waals surface area contributed by atoms with E-state index in [1.54, 1.807) is 37.6 Å². The van der Waals surface area contributed by atoms with Gasteiger partial charge in [0.05, 0.1) is 19.0 Å². The van der Waals surface area contributed by atoms with Gasteiger partial charge in [-0.25, -0.2) is 5.43 Å². The number of nitrogens with zero attached hydrogens (tertiary/aromatic N) is 2. The number of carbonyl (C=O) groups is 1. The number of aryl methyl sites for hydroxylation is 1. The predicted molar refractivity (Wildman–Crippen MR) is 73.5 cm³/mol. The summed E-state index contributed by atoms with van der Waals surface area (Å²) >= 11 is 0. The molecule has 0 aliphatic heterocycles. The number of nitrogens with one attached hydrogen (secondary N) is 1. The van der Waals surface area contributed by atoms with Gasteiger partial charge in [0, 0.05) is 18.8 Å². The minimum Gasteiger partial charge on any atom is -0.497 e. The van der Waals surface area contributed by atoms with Crippen LogP contribution in [0.2, 0.25) is 0 Å². The van der Waals surface area contributed by atoms with E-state index in [4.69, 9.17) is 4.74 Å². The van der Waals surface area contributed by atoms with Gasteiger partial charge < -0.3 is 9.30 Å². The third kappa shape index (κ3) is 3.22. The molecule has 0 aliphatic rings. The van der Waals surface area contributed by atoms with Crippen molar-refractivity contribution < 1.29 is 9.53 Å². The van der Waals surface area contributed by atoms with Crippen LogP contribution >= 0.6 is 0 Å². The molecule has 98 valence electrons. The maximum atomic E-state index is 11.8. The van der Waals surface area contributed by atoms with E-state index in [1.165, 1.54) is 0 Å². The Hall–Kier alpha value is -2.56. The van der Waals surface area contributed by atoms with Crippen molar-refractivity contribution in [2.45, 2.75) is 0 Å². The van der Waals surface area contributed by atoms with Crippen LogP contribution in [0.5, 0.6) is 5.75 Å². The molecule has 1 heterocycles. The first-order valence-electron chi connectivity index (χ1n) is 5.79. The summed E-state index contributed by atoms with van der Waals surface area (Å²) in [7, 11) is 3.49. The molecule has 0 atom stereocenters. The van der Waals surface area contributed by atoms with Crippen molar-refractivity contribution in [3.8, 4) is 5.75 Å². The van der Waals surface area contributed by atoms with E-state index >= 15 is 0 Å². The van der Waals surface area contributed by atoms with Gasteiger partial charge in [-0.2, -0.15) is 5.10 Å². The predicted octanol–water partition coefficient (Wildman–Crippen LogP) is 1.80. The molecule has 1 aromatic heterocycles. The normalized spacial score (nSPS) is 10.6. The number of amides is 1. The molecule has 0 saturated carbocycles. The molecule has 5 nitrogen and oxygen atoms in total. The second-order valence-corrected chi connectivity index (χ2v) is 3.97. The Bertz CT molecular complexity index is 585. The van der Waals surface area contributed by atoms with Gasteiger partial charge in [-0.05, 0) is 36.4 Å². The first-order valence-corrected chi connectivity index (χ1v) is 5.79. The lowest BCUT2D eigenvalue weighted by Crippen LogP contribution is -2.17. The van der Waals surface area contributed by atoms with E-state index in [0.717, 1.165) is 5.69 Å². The number of aromatic nitrogens is 1. The van der Waals surface area contributed by atoms with E-state index in [9.17, 15) is 4.79 Å². The van der Waals surface area contributed by atoms with E-state index in [-0.39, 0.29) is 5.91 Å². The smallest absolute Gasteiger partial charge is 0.271 e. The molecule has 1 aromatic carbocycles. The number of hydrogen-bond donors (Lipinski definition) is 1. The molecule has 0 fully saturated rings. The Morgan fingerprint density at radius 2 is 2.05 bits per heavy atom. The highest BCUT2D eigenvalue weighted by Gasteiger charge is 2.03. The van der Waals surface area contributed by atoms with Crippen molar-refractivity contribution in [2.24, 2.45) is 12.1 Å². The quantitative estimate of drug-likeness (QED) is 0.670. The van der Waals surface area contributed by atoms with Crippen LogP contribution in [-0.4, -0.2) is 23.8 Å². The van der Waals surface area contributed by atoms with E-state index in [0.29, 0.717) is 11.3 Å². The molecule has 0 radical (unpaired) electrons. The van der Waals surface area contributed by atoms with Gasteiger partial charge >= 0.3 is 0 Å². The Morgan fingerprint density at radius 3 is 2.63 bits per heavy atom. The average Bonchev–Trinajstić information content (AvgIpc) is 2.84. The zero-order valence-electron chi connectivity index (χ0n) is 10.8. The Labute approximate surface area is 111 Å². The van der Waals surface area contributed by atoms with E-state index in [1.807, 2.05) is 29.9 Å². The van der Waals surface area contributed by atoms with Crippen molar-refractivity contribution in [3.63, 3.8) is 0 Å². The van der Waals surface area contributed by atoms with Gasteiger partial charge in [0.2, 0.25) is 0 Å². The number of carbonyl (C=O) groups excluding carboxylic acids is 1. The van der Waals surface area contributed by atoms with E-state index in [2.05, 4.69) is 10.5 Å². The summed E-state index contributed by atoms with van der Waals surface area (Å²) < 4.78 is 6.93. The molecule has 5 heteroatoms. The van der Waals surface area contributed by atoms with Crippen LogP contribution in [0, 0.1) is 0 Å². The number of ether oxygens (including phenoxy) is 1. The summed E-state index contributed by atoms with van der Waals surface area (Å²) in [6, 6.07) is 10.7. The highest BCUT2D eigenvalue weighted by atomic mass is 16.5. The lowest BCUT2D eigenvalue weighted by molar-refractivity contribution is 0.0955. The Balaban J connectivity index is 1.97. The van der Waals surface area contributed by atoms with Gasteiger partial charge in [-0.15, -0.1) is 0 Å². The SMILES string of the molecule is COc1ccc(C(=O)N/N=C\c2cccn2C)cc1. The average molecular weight is 257 g/mol. The van der Waals surface area contributed by atoms with Crippen molar-refractivity contribution >= 4 is 12.1 Å². The number of hydrogen-bond acceptors (Lipinski definition) is 3. The highest BCUT2D eigenvalue weighted by molar-refractivity contribution is 5.94. The third-order valence-electron chi connectivity index (χ3n) is 2.70. The molecule has 0 saturated heterocycles. The fraction of sp³-hybridized carbons (Fsp3) is 0.143. The monoisotopic (exact) mass is 257 g/mol. The molecule has 0 unspecified atom stereocenters. The molecular weight excluding hydrogens is 242 g/mol. The van der Waals surface area contributed by atoms with E-state index < -0.39 is 0 Å². The summed E-state index contributed by atoms with van der Waals surface area (Å²) in [4.78, 5) is 11.8. The zero-order chi connectivity index (χ0) is 13.7. The van der Waals surface area contributed by atoms with Crippen LogP contribution in [0.3, 0.4) is 0 Å². The van der Waals surface area contributed by atoms with Crippen LogP contribution in [-0.2, 0) is 7.05 Å². The number of rotatable bonds is 4. The second-order valence-electron chi connectivity index (χ2n) is 3.97. The van der Waals surface area contributed by atoms with Crippen molar-refractivity contribution in [3.05, 3.63) is 53.9 Å². The van der Waals surface area contributed by atoms with Gasteiger partial charge in [-0.3, -0.25) is 4.79 Å². The minimum absolute atomic E-state index is 0.256. The van der Waals surface area contributed by atoms with Gasteiger partial charge in [-0.1, -0.05) is 0 Å². The maximum Gasteiger partial charge on any atom is 0.271 e. The molecule has 1 amide bonds. The molecule has 0 bridgehead atoms. The highest BCUT2D eigenvalue weighted by Crippen LogP contribution is 2.10. The second kappa shape index (κ2) is 5.86. The van der Waals surface area contributed by atoms with Crippen molar-refractivity contribution in [1.29, 1.82) is 0 Å². The third-order valence-corrected chi connectivity index (χ3v) is 2.70. The van der Waals surface area contributed by atoms with Gasteiger partial charge in [0.25, 0.3) is 5.91 Å². The fourth-order valence-corrected chi connectivity index (χ4v) is 1.57. The fourth-order valence-electron chi connectivity index (χ4n) is 1.57. The first kappa shape index (κ1) is 12.9. The topological polar surface area (TPSA) is 55.6 Å². The van der Waals surface area contributed by atoms with Crippen molar-refractivity contribution in [1.82, 2.24) is 9.99 Å². The number of hydrazone groups is 1. The number of benzene rings is 1. The van der Waals surface area contributed by atoms with Crippen LogP contribution in [0.15, 0.2) is 47.7 Å². The zero-order valence-corrected chi connectivity index (χ0v) is 10.8. The lowest BCUT2D eigenvalue weighted by atomic mass is 10.2. The largest absolute Gasteiger partial charge is 0.497 e. The Kier molecular flexibility index (Phi) is 3.97. The standard InChI is InChI=1S/C14H15N3O2/c1-17-9-3-4-12(17)10-15-16-14(18)11-5-7-13(19-2)8-6-11/h3-10H,1-2H3,(H,16,18)/b15-10-. The molecule has 2 rings (SSSR count). The Morgan fingerprint density at radius 1 is 1.32 bits per heavy atom. The summed E-state index contributed by atoms with van der Waals surface area (Å²) in [5.74, 6) is 0.456. The van der Waals surface area contributed by atoms with Crippen LogP contribution in [0.25, 0.3) is 0 Å². The van der Waals surface area contributed by atoms with Gasteiger partial charge in [0.1, 0.15) is 5.75 Å². The van der Waals surface area contributed by atoms with Crippen LogP contribution in [0.1, 0.15) is 16.1 Å². The summed E-state index contributed by atoms with van der Waals surface area (Å²) in [6.45, 7) is 0. The first-order chi connectivity index (χ1) is 9.20. The maximum absolute atomic E-state index is 11.8. The molecule has 0 aliphatic carbocycles.